The van der Waals surface area contributed by atoms with Gasteiger partial charge in [-0.1, -0.05) is 13.3 Å². The zero-order valence-electron chi connectivity index (χ0n) is 10.5. The number of nitrogens with one attached hydrogen (secondary N) is 1. The lowest BCUT2D eigenvalue weighted by Gasteiger charge is -2.16. The molecule has 6 heteroatoms. The highest BCUT2D eigenvalue weighted by Crippen LogP contribution is 2.04. The average Bonchev–Trinajstić information content (AvgIpc) is 2.23. The van der Waals surface area contributed by atoms with Crippen molar-refractivity contribution in [3.05, 3.63) is 0 Å². The molecule has 6 nitrogen and oxygen atoms in total. The molecule has 0 aliphatic heterocycles. The zero-order chi connectivity index (χ0) is 13.4. The minimum absolute atomic E-state index is 0.0478. The summed E-state index contributed by atoms with van der Waals surface area (Å²) in [6.07, 6.45) is 1.28. The van der Waals surface area contributed by atoms with E-state index in [0.717, 1.165) is 6.42 Å². The molecule has 0 radical (unpaired) electrons. The second-order valence-electron chi connectivity index (χ2n) is 4.00. The molecule has 0 fully saturated rings. The van der Waals surface area contributed by atoms with E-state index in [1.807, 2.05) is 6.92 Å². The summed E-state index contributed by atoms with van der Waals surface area (Å²) in [7, 11) is 1.52. The minimum atomic E-state index is -0.910. The van der Waals surface area contributed by atoms with Gasteiger partial charge in [-0.2, -0.15) is 0 Å². The first-order valence-corrected chi connectivity index (χ1v) is 5.59. The highest BCUT2D eigenvalue weighted by Gasteiger charge is 2.17. The van der Waals surface area contributed by atoms with Crippen LogP contribution < -0.4 is 5.32 Å². The van der Waals surface area contributed by atoms with E-state index >= 15 is 0 Å². The monoisotopic (exact) mass is 244 g/mol. The SMILES string of the molecule is CCCC(CNC(=O)CN(C)C(C)=O)C(=O)O. The molecule has 1 atom stereocenters. The van der Waals surface area contributed by atoms with Crippen LogP contribution in [0.3, 0.4) is 0 Å². The molecule has 0 aromatic rings. The van der Waals surface area contributed by atoms with Crippen LogP contribution in [-0.4, -0.2) is 47.9 Å². The number of likely N-dealkylation sites (N-methyl/N-ethyl adjacent to an activating group) is 1. The molecule has 98 valence electrons. The first-order valence-electron chi connectivity index (χ1n) is 5.59. The molecule has 1 unspecified atom stereocenters. The Morgan fingerprint density at radius 3 is 2.35 bits per heavy atom. The molecule has 0 rings (SSSR count). The molecular formula is C11H20N2O4. The highest BCUT2D eigenvalue weighted by atomic mass is 16.4. The van der Waals surface area contributed by atoms with E-state index in [2.05, 4.69) is 5.32 Å². The van der Waals surface area contributed by atoms with Gasteiger partial charge in [-0.15, -0.1) is 0 Å². The standard InChI is InChI=1S/C11H20N2O4/c1-4-5-9(11(16)17)6-12-10(15)7-13(3)8(2)14/h9H,4-7H2,1-3H3,(H,12,15)(H,16,17). The Morgan fingerprint density at radius 1 is 1.35 bits per heavy atom. The van der Waals surface area contributed by atoms with Gasteiger partial charge in [0.05, 0.1) is 12.5 Å². The van der Waals surface area contributed by atoms with Gasteiger partial charge in [-0.25, -0.2) is 0 Å². The normalized spacial score (nSPS) is 11.7. The van der Waals surface area contributed by atoms with Crippen LogP contribution >= 0.6 is 0 Å². The lowest BCUT2D eigenvalue weighted by molar-refractivity contribution is -0.142. The number of aliphatic carboxylic acids is 1. The Bertz CT molecular complexity index is 291. The van der Waals surface area contributed by atoms with E-state index in [-0.39, 0.29) is 24.9 Å². The number of carbonyl (C=O) groups excluding carboxylic acids is 2. The maximum atomic E-state index is 11.4. The quantitative estimate of drug-likeness (QED) is 0.664. The molecule has 0 saturated heterocycles. The van der Waals surface area contributed by atoms with Crippen molar-refractivity contribution in [3.63, 3.8) is 0 Å². The predicted octanol–water partition coefficient (Wildman–Crippen LogP) is 0.0818. The van der Waals surface area contributed by atoms with Crippen molar-refractivity contribution in [3.8, 4) is 0 Å². The Balaban J connectivity index is 4.04. The second kappa shape index (κ2) is 7.65. The summed E-state index contributed by atoms with van der Waals surface area (Å²) in [5.74, 6) is -2.02. The first kappa shape index (κ1) is 15.4. The number of carbonyl (C=O) groups is 3. The Morgan fingerprint density at radius 2 is 1.94 bits per heavy atom. The van der Waals surface area contributed by atoms with Crippen LogP contribution in [0.4, 0.5) is 0 Å². The third kappa shape index (κ3) is 6.55. The topological polar surface area (TPSA) is 86.7 Å². The van der Waals surface area contributed by atoms with Crippen molar-refractivity contribution in [1.82, 2.24) is 10.2 Å². The summed E-state index contributed by atoms with van der Waals surface area (Å²) in [4.78, 5) is 34.4. The Kier molecular flexibility index (Phi) is 6.93. The lowest BCUT2D eigenvalue weighted by atomic mass is 10.0. The van der Waals surface area contributed by atoms with E-state index < -0.39 is 11.9 Å². The van der Waals surface area contributed by atoms with Crippen molar-refractivity contribution < 1.29 is 19.5 Å². The van der Waals surface area contributed by atoms with Crippen LogP contribution in [0.1, 0.15) is 26.7 Å². The van der Waals surface area contributed by atoms with Gasteiger partial charge < -0.3 is 15.3 Å². The molecule has 2 amide bonds. The van der Waals surface area contributed by atoms with Gasteiger partial charge in [-0.3, -0.25) is 14.4 Å². The summed E-state index contributed by atoms with van der Waals surface area (Å²) in [5, 5.41) is 11.4. The maximum absolute atomic E-state index is 11.4. The highest BCUT2D eigenvalue weighted by molar-refractivity contribution is 5.83. The molecule has 0 bridgehead atoms. The lowest BCUT2D eigenvalue weighted by Crippen LogP contribution is -2.40. The van der Waals surface area contributed by atoms with E-state index in [0.29, 0.717) is 6.42 Å². The largest absolute Gasteiger partial charge is 0.481 e. The van der Waals surface area contributed by atoms with Gasteiger partial charge >= 0.3 is 5.97 Å². The molecule has 2 N–H and O–H groups in total. The number of rotatable bonds is 7. The smallest absolute Gasteiger partial charge is 0.308 e. The number of carboxylic acid groups (broad SMARTS) is 1. The van der Waals surface area contributed by atoms with E-state index in [1.165, 1.54) is 18.9 Å². The van der Waals surface area contributed by atoms with E-state index in [1.54, 1.807) is 0 Å². The zero-order valence-corrected chi connectivity index (χ0v) is 10.5. The Hall–Kier alpha value is -1.59. The van der Waals surface area contributed by atoms with Crippen molar-refractivity contribution >= 4 is 17.8 Å². The molecule has 0 heterocycles. The van der Waals surface area contributed by atoms with Crippen LogP contribution in [0.15, 0.2) is 0 Å². The van der Waals surface area contributed by atoms with Gasteiger partial charge in [0.1, 0.15) is 0 Å². The molecule has 0 aromatic carbocycles. The summed E-state index contributed by atoms with van der Waals surface area (Å²) >= 11 is 0. The molecule has 0 aliphatic carbocycles. The number of nitrogens with zero attached hydrogens (tertiary/aromatic N) is 1. The third-order valence-corrected chi connectivity index (χ3v) is 2.45. The predicted molar refractivity (Wildman–Crippen MR) is 62.4 cm³/mol. The summed E-state index contributed by atoms with van der Waals surface area (Å²) in [6.45, 7) is 3.31. The number of hydrogen-bond donors (Lipinski definition) is 2. The summed E-state index contributed by atoms with van der Waals surface area (Å²) < 4.78 is 0. The first-order chi connectivity index (χ1) is 7.88. The van der Waals surface area contributed by atoms with Crippen LogP contribution in [0.25, 0.3) is 0 Å². The van der Waals surface area contributed by atoms with Gasteiger partial charge in [0, 0.05) is 20.5 Å². The fourth-order valence-corrected chi connectivity index (χ4v) is 1.28. The van der Waals surface area contributed by atoms with Crippen LogP contribution in [0.2, 0.25) is 0 Å². The minimum Gasteiger partial charge on any atom is -0.481 e. The van der Waals surface area contributed by atoms with Gasteiger partial charge in [0.2, 0.25) is 11.8 Å². The van der Waals surface area contributed by atoms with Crippen molar-refractivity contribution in [2.75, 3.05) is 20.1 Å². The van der Waals surface area contributed by atoms with Gasteiger partial charge in [-0.05, 0) is 6.42 Å². The van der Waals surface area contributed by atoms with Crippen molar-refractivity contribution in [2.24, 2.45) is 5.92 Å². The van der Waals surface area contributed by atoms with Crippen molar-refractivity contribution in [1.29, 1.82) is 0 Å². The molecule has 0 saturated carbocycles. The Labute approximate surface area is 101 Å². The van der Waals surface area contributed by atoms with E-state index in [9.17, 15) is 14.4 Å². The number of amides is 2. The van der Waals surface area contributed by atoms with Crippen LogP contribution in [-0.2, 0) is 14.4 Å². The molecule has 0 aliphatic rings. The molecule has 0 aromatic heterocycles. The van der Waals surface area contributed by atoms with Crippen molar-refractivity contribution in [2.45, 2.75) is 26.7 Å². The van der Waals surface area contributed by atoms with Gasteiger partial charge in [0.15, 0.2) is 0 Å². The van der Waals surface area contributed by atoms with Crippen LogP contribution in [0, 0.1) is 5.92 Å². The summed E-state index contributed by atoms with van der Waals surface area (Å²) in [5.41, 5.74) is 0. The van der Waals surface area contributed by atoms with Gasteiger partial charge in [0.25, 0.3) is 0 Å². The molecule has 0 spiro atoms. The maximum Gasteiger partial charge on any atom is 0.308 e. The third-order valence-electron chi connectivity index (χ3n) is 2.45. The average molecular weight is 244 g/mol. The fraction of sp³-hybridized carbons (Fsp3) is 0.727. The van der Waals surface area contributed by atoms with E-state index in [4.69, 9.17) is 5.11 Å². The fourth-order valence-electron chi connectivity index (χ4n) is 1.28. The second-order valence-corrected chi connectivity index (χ2v) is 4.00. The summed E-state index contributed by atoms with van der Waals surface area (Å²) in [6, 6.07) is 0. The number of carboxylic acids is 1. The molecular weight excluding hydrogens is 224 g/mol. The van der Waals surface area contributed by atoms with Crippen LogP contribution in [0.5, 0.6) is 0 Å². The number of hydrogen-bond acceptors (Lipinski definition) is 3. The molecule has 17 heavy (non-hydrogen) atoms.